The standard InChI is InChI=1S/C11H16OS/c1-7(2)8(3)11(12)10-5-6-13-9(10)4/h5-8H,1-4H3. The van der Waals surface area contributed by atoms with E-state index in [-0.39, 0.29) is 11.7 Å². The second-order valence-corrected chi connectivity index (χ2v) is 4.91. The molecule has 2 heteroatoms. The average Bonchev–Trinajstić information content (AvgIpc) is 2.48. The molecule has 1 heterocycles. The predicted octanol–water partition coefficient (Wildman–Crippen LogP) is 3.53. The average molecular weight is 196 g/mol. The maximum Gasteiger partial charge on any atom is 0.167 e. The molecular weight excluding hydrogens is 180 g/mol. The summed E-state index contributed by atoms with van der Waals surface area (Å²) in [6.07, 6.45) is 0. The highest BCUT2D eigenvalue weighted by Gasteiger charge is 2.20. The molecule has 0 aliphatic rings. The fraction of sp³-hybridized carbons (Fsp3) is 0.545. The second-order valence-electron chi connectivity index (χ2n) is 3.79. The van der Waals surface area contributed by atoms with Gasteiger partial charge in [-0.25, -0.2) is 0 Å². The van der Waals surface area contributed by atoms with E-state index < -0.39 is 0 Å². The molecule has 1 atom stereocenters. The van der Waals surface area contributed by atoms with Crippen molar-refractivity contribution >= 4 is 17.1 Å². The number of aryl methyl sites for hydroxylation is 1. The van der Waals surface area contributed by atoms with Crippen LogP contribution >= 0.6 is 11.3 Å². The fourth-order valence-corrected chi connectivity index (χ4v) is 1.89. The molecule has 1 aromatic heterocycles. The number of hydrogen-bond acceptors (Lipinski definition) is 2. The molecule has 1 nitrogen and oxygen atoms in total. The van der Waals surface area contributed by atoms with Gasteiger partial charge in [-0.15, -0.1) is 11.3 Å². The van der Waals surface area contributed by atoms with E-state index in [2.05, 4.69) is 13.8 Å². The van der Waals surface area contributed by atoms with E-state index in [1.165, 1.54) is 0 Å². The van der Waals surface area contributed by atoms with Crippen LogP contribution in [0.2, 0.25) is 0 Å². The molecule has 0 N–H and O–H groups in total. The van der Waals surface area contributed by atoms with Gasteiger partial charge in [0.05, 0.1) is 0 Å². The summed E-state index contributed by atoms with van der Waals surface area (Å²) in [6, 6.07) is 1.93. The maximum absolute atomic E-state index is 11.9. The van der Waals surface area contributed by atoms with Crippen LogP contribution in [0.15, 0.2) is 11.4 Å². The van der Waals surface area contributed by atoms with Gasteiger partial charge >= 0.3 is 0 Å². The van der Waals surface area contributed by atoms with E-state index in [4.69, 9.17) is 0 Å². The van der Waals surface area contributed by atoms with E-state index in [0.29, 0.717) is 5.92 Å². The Bertz CT molecular complexity index is 299. The van der Waals surface area contributed by atoms with Crippen molar-refractivity contribution in [1.29, 1.82) is 0 Å². The first-order valence-corrected chi connectivity index (χ1v) is 5.50. The minimum Gasteiger partial charge on any atom is -0.294 e. The lowest BCUT2D eigenvalue weighted by molar-refractivity contribution is 0.0899. The van der Waals surface area contributed by atoms with Crippen LogP contribution < -0.4 is 0 Å². The van der Waals surface area contributed by atoms with Gasteiger partial charge < -0.3 is 0 Å². The second kappa shape index (κ2) is 4.05. The predicted molar refractivity (Wildman–Crippen MR) is 57.4 cm³/mol. The topological polar surface area (TPSA) is 17.1 Å². The molecule has 13 heavy (non-hydrogen) atoms. The third-order valence-corrected chi connectivity index (χ3v) is 3.38. The normalized spacial score (nSPS) is 13.3. The van der Waals surface area contributed by atoms with Crippen molar-refractivity contribution in [1.82, 2.24) is 0 Å². The van der Waals surface area contributed by atoms with Gasteiger partial charge in [-0.05, 0) is 24.3 Å². The van der Waals surface area contributed by atoms with Gasteiger partial charge in [-0.1, -0.05) is 20.8 Å². The molecule has 0 radical (unpaired) electrons. The van der Waals surface area contributed by atoms with Crippen LogP contribution in [-0.2, 0) is 0 Å². The fourth-order valence-electron chi connectivity index (χ4n) is 1.19. The van der Waals surface area contributed by atoms with E-state index in [1.54, 1.807) is 11.3 Å². The lowest BCUT2D eigenvalue weighted by Gasteiger charge is -2.13. The van der Waals surface area contributed by atoms with Crippen LogP contribution in [0.25, 0.3) is 0 Å². The Kier molecular flexibility index (Phi) is 3.26. The van der Waals surface area contributed by atoms with Gasteiger partial charge in [-0.2, -0.15) is 0 Å². The summed E-state index contributed by atoms with van der Waals surface area (Å²) in [7, 11) is 0. The molecule has 0 saturated carbocycles. The van der Waals surface area contributed by atoms with Crippen molar-refractivity contribution in [3.8, 4) is 0 Å². The smallest absolute Gasteiger partial charge is 0.167 e. The number of hydrogen-bond donors (Lipinski definition) is 0. The summed E-state index contributed by atoms with van der Waals surface area (Å²) in [4.78, 5) is 13.0. The van der Waals surface area contributed by atoms with Crippen molar-refractivity contribution < 1.29 is 4.79 Å². The number of Topliss-reactive ketones (excluding diaryl/α,β-unsaturated/α-hetero) is 1. The molecule has 0 aliphatic heterocycles. The van der Waals surface area contributed by atoms with Gasteiger partial charge in [0.2, 0.25) is 0 Å². The number of rotatable bonds is 3. The number of ketones is 1. The van der Waals surface area contributed by atoms with Gasteiger partial charge in [0.15, 0.2) is 5.78 Å². The molecule has 0 aromatic carbocycles. The van der Waals surface area contributed by atoms with E-state index >= 15 is 0 Å². The Morgan fingerprint density at radius 2 is 2.00 bits per heavy atom. The van der Waals surface area contributed by atoms with Crippen LogP contribution in [0.5, 0.6) is 0 Å². The van der Waals surface area contributed by atoms with Crippen LogP contribution in [0.1, 0.15) is 36.0 Å². The molecule has 72 valence electrons. The van der Waals surface area contributed by atoms with E-state index in [0.717, 1.165) is 10.4 Å². The van der Waals surface area contributed by atoms with Crippen LogP contribution in [0.4, 0.5) is 0 Å². The first kappa shape index (κ1) is 10.5. The summed E-state index contributed by atoms with van der Waals surface area (Å²) in [5.74, 6) is 0.842. The monoisotopic (exact) mass is 196 g/mol. The highest BCUT2D eigenvalue weighted by Crippen LogP contribution is 2.22. The van der Waals surface area contributed by atoms with Crippen molar-refractivity contribution in [2.24, 2.45) is 11.8 Å². The van der Waals surface area contributed by atoms with Crippen LogP contribution in [0.3, 0.4) is 0 Å². The largest absolute Gasteiger partial charge is 0.294 e. The summed E-state index contributed by atoms with van der Waals surface area (Å²) < 4.78 is 0. The van der Waals surface area contributed by atoms with Crippen LogP contribution in [-0.4, -0.2) is 5.78 Å². The first-order valence-electron chi connectivity index (χ1n) is 4.62. The molecule has 1 rings (SSSR count). The zero-order valence-corrected chi connectivity index (χ0v) is 9.44. The lowest BCUT2D eigenvalue weighted by atomic mass is 9.90. The maximum atomic E-state index is 11.9. The Hall–Kier alpha value is -0.630. The summed E-state index contributed by atoms with van der Waals surface area (Å²) in [6.45, 7) is 8.18. The number of thiophene rings is 1. The zero-order valence-electron chi connectivity index (χ0n) is 8.63. The lowest BCUT2D eigenvalue weighted by Crippen LogP contribution is -2.16. The molecule has 0 aliphatic carbocycles. The number of carbonyl (C=O) groups is 1. The summed E-state index contributed by atoms with van der Waals surface area (Å²) >= 11 is 1.64. The molecule has 1 aromatic rings. The quantitative estimate of drug-likeness (QED) is 0.676. The van der Waals surface area contributed by atoms with Gasteiger partial charge in [-0.3, -0.25) is 4.79 Å². The highest BCUT2D eigenvalue weighted by molar-refractivity contribution is 7.10. The highest BCUT2D eigenvalue weighted by atomic mass is 32.1. The third kappa shape index (κ3) is 2.19. The molecule has 1 unspecified atom stereocenters. The zero-order chi connectivity index (χ0) is 10.0. The Morgan fingerprint density at radius 3 is 2.38 bits per heavy atom. The Morgan fingerprint density at radius 1 is 1.38 bits per heavy atom. The molecule has 0 amide bonds. The van der Waals surface area contributed by atoms with Crippen molar-refractivity contribution in [3.05, 3.63) is 21.9 Å². The minimum absolute atomic E-state index is 0.133. The van der Waals surface area contributed by atoms with Gasteiger partial charge in [0, 0.05) is 16.4 Å². The molecule has 0 saturated heterocycles. The van der Waals surface area contributed by atoms with E-state index in [9.17, 15) is 4.79 Å². The van der Waals surface area contributed by atoms with Crippen molar-refractivity contribution in [2.75, 3.05) is 0 Å². The van der Waals surface area contributed by atoms with Gasteiger partial charge in [0.25, 0.3) is 0 Å². The Balaban J connectivity index is 2.86. The summed E-state index contributed by atoms with van der Waals surface area (Å²) in [5.41, 5.74) is 0.909. The molecular formula is C11H16OS. The van der Waals surface area contributed by atoms with Crippen LogP contribution in [0, 0.1) is 18.8 Å². The number of carbonyl (C=O) groups excluding carboxylic acids is 1. The third-order valence-electron chi connectivity index (χ3n) is 2.54. The first-order chi connectivity index (χ1) is 6.04. The van der Waals surface area contributed by atoms with Gasteiger partial charge in [0.1, 0.15) is 0 Å². The Labute approximate surface area is 83.8 Å². The van der Waals surface area contributed by atoms with E-state index in [1.807, 2.05) is 25.3 Å². The van der Waals surface area contributed by atoms with Crippen molar-refractivity contribution in [3.63, 3.8) is 0 Å². The molecule has 0 spiro atoms. The van der Waals surface area contributed by atoms with Crippen molar-refractivity contribution in [2.45, 2.75) is 27.7 Å². The minimum atomic E-state index is 0.133. The SMILES string of the molecule is Cc1sccc1C(=O)C(C)C(C)C. The summed E-state index contributed by atoms with van der Waals surface area (Å²) in [5, 5.41) is 1.98. The molecule has 0 fully saturated rings. The molecule has 0 bridgehead atoms.